The van der Waals surface area contributed by atoms with Crippen LogP contribution in [0.3, 0.4) is 0 Å². The van der Waals surface area contributed by atoms with Gasteiger partial charge in [0.1, 0.15) is 5.78 Å². The van der Waals surface area contributed by atoms with E-state index in [1.807, 2.05) is 13.8 Å². The summed E-state index contributed by atoms with van der Waals surface area (Å²) in [6.07, 6.45) is 2.03. The van der Waals surface area contributed by atoms with Gasteiger partial charge in [0, 0.05) is 17.2 Å². The maximum Gasteiger partial charge on any atom is 0.138 e. The first-order valence-electron chi connectivity index (χ1n) is 5.48. The minimum absolute atomic E-state index is 0.194. The topological polar surface area (TPSA) is 20.3 Å². The second-order valence-electron chi connectivity index (χ2n) is 4.50. The summed E-state index contributed by atoms with van der Waals surface area (Å²) in [7, 11) is 0. The highest BCUT2D eigenvalue weighted by molar-refractivity contribution is 7.80. The van der Waals surface area contributed by atoms with Gasteiger partial charge in [-0.05, 0) is 32.9 Å². The number of rotatable bonds is 3. The van der Waals surface area contributed by atoms with Crippen molar-refractivity contribution in [1.29, 1.82) is 0 Å². The highest BCUT2D eigenvalue weighted by Gasteiger charge is 2.27. The molecule has 1 aliphatic heterocycles. The third-order valence-corrected chi connectivity index (χ3v) is 3.36. The van der Waals surface area contributed by atoms with Crippen molar-refractivity contribution in [3.63, 3.8) is 0 Å². The summed E-state index contributed by atoms with van der Waals surface area (Å²) in [5, 5.41) is 0.324. The fourth-order valence-electron chi connectivity index (χ4n) is 2.03. The Hall–Kier alpha value is -0.0200. The van der Waals surface area contributed by atoms with E-state index in [9.17, 15) is 4.79 Å². The lowest BCUT2D eigenvalue weighted by molar-refractivity contribution is -0.127. The van der Waals surface area contributed by atoms with Crippen LogP contribution in [-0.4, -0.2) is 29.1 Å². The summed E-state index contributed by atoms with van der Waals surface area (Å²) in [5.41, 5.74) is 0. The molecule has 3 heteroatoms. The van der Waals surface area contributed by atoms with Crippen molar-refractivity contribution >= 4 is 18.4 Å². The average Bonchev–Trinajstić information content (AvgIpc) is 2.16. The number of thiol groups is 1. The number of hydrogen-bond acceptors (Lipinski definition) is 3. The lowest BCUT2D eigenvalue weighted by Gasteiger charge is -2.33. The van der Waals surface area contributed by atoms with Gasteiger partial charge < -0.3 is 0 Å². The van der Waals surface area contributed by atoms with Gasteiger partial charge in [-0.25, -0.2) is 0 Å². The van der Waals surface area contributed by atoms with E-state index in [0.29, 0.717) is 17.1 Å². The molecule has 0 amide bonds. The smallest absolute Gasteiger partial charge is 0.138 e. The fraction of sp³-hybridized carbons (Fsp3) is 0.909. The number of piperidine rings is 1. The summed E-state index contributed by atoms with van der Waals surface area (Å²) >= 11 is 4.40. The number of carbonyl (C=O) groups is 1. The van der Waals surface area contributed by atoms with E-state index in [2.05, 4.69) is 24.5 Å². The fourth-order valence-corrected chi connectivity index (χ4v) is 2.26. The van der Waals surface area contributed by atoms with Crippen molar-refractivity contribution in [1.82, 2.24) is 4.90 Å². The molecule has 2 nitrogen and oxygen atoms in total. The van der Waals surface area contributed by atoms with Gasteiger partial charge in [-0.15, -0.1) is 0 Å². The Bertz CT molecular complexity index is 195. The molecule has 0 bridgehead atoms. The highest BCUT2D eigenvalue weighted by atomic mass is 32.1. The van der Waals surface area contributed by atoms with Crippen LogP contribution in [0.25, 0.3) is 0 Å². The van der Waals surface area contributed by atoms with E-state index in [1.54, 1.807) is 0 Å². The Labute approximate surface area is 92.5 Å². The van der Waals surface area contributed by atoms with Crippen LogP contribution < -0.4 is 0 Å². The molecule has 82 valence electrons. The molecule has 0 spiro atoms. The lowest BCUT2D eigenvalue weighted by Crippen LogP contribution is -2.40. The third kappa shape index (κ3) is 2.99. The van der Waals surface area contributed by atoms with Crippen LogP contribution in [0.4, 0.5) is 0 Å². The van der Waals surface area contributed by atoms with Crippen molar-refractivity contribution in [3.8, 4) is 0 Å². The number of likely N-dealkylation sites (tertiary alicyclic amines) is 1. The second-order valence-corrected chi connectivity index (χ2v) is 5.25. The molecule has 0 aromatic rings. The Balaban J connectivity index is 2.39. The molecule has 1 unspecified atom stereocenters. The number of hydrogen-bond donors (Lipinski definition) is 1. The van der Waals surface area contributed by atoms with Gasteiger partial charge >= 0.3 is 0 Å². The van der Waals surface area contributed by atoms with E-state index >= 15 is 0 Å². The average molecular weight is 215 g/mol. The Morgan fingerprint density at radius 3 is 2.14 bits per heavy atom. The van der Waals surface area contributed by atoms with E-state index in [0.717, 1.165) is 25.9 Å². The summed E-state index contributed by atoms with van der Waals surface area (Å²) < 4.78 is 0. The van der Waals surface area contributed by atoms with Crippen molar-refractivity contribution in [2.24, 2.45) is 11.8 Å². The van der Waals surface area contributed by atoms with Crippen LogP contribution >= 0.6 is 12.6 Å². The summed E-state index contributed by atoms with van der Waals surface area (Å²) in [5.74, 6) is 0.940. The SMILES string of the molecule is CC(C)C(=O)C1CCN(C(C)S)CC1. The lowest BCUT2D eigenvalue weighted by atomic mass is 9.87. The first kappa shape index (κ1) is 12.1. The molecule has 1 fully saturated rings. The molecular weight excluding hydrogens is 194 g/mol. The van der Waals surface area contributed by atoms with E-state index in [4.69, 9.17) is 0 Å². The Morgan fingerprint density at radius 2 is 1.79 bits per heavy atom. The molecule has 1 rings (SSSR count). The van der Waals surface area contributed by atoms with Crippen molar-refractivity contribution in [3.05, 3.63) is 0 Å². The molecule has 0 saturated carbocycles. The Kier molecular flexibility index (Phi) is 4.45. The minimum Gasteiger partial charge on any atom is -0.299 e. The van der Waals surface area contributed by atoms with Crippen LogP contribution in [0.15, 0.2) is 0 Å². The molecule has 1 saturated heterocycles. The van der Waals surface area contributed by atoms with Crippen molar-refractivity contribution < 1.29 is 4.79 Å². The standard InChI is InChI=1S/C11H21NOS/c1-8(2)11(13)10-4-6-12(7-5-10)9(3)14/h8-10,14H,4-7H2,1-3H3. The largest absolute Gasteiger partial charge is 0.299 e. The van der Waals surface area contributed by atoms with Crippen LogP contribution in [0.2, 0.25) is 0 Å². The Morgan fingerprint density at radius 1 is 1.29 bits per heavy atom. The zero-order chi connectivity index (χ0) is 10.7. The van der Waals surface area contributed by atoms with Gasteiger partial charge in [0.15, 0.2) is 0 Å². The maximum absolute atomic E-state index is 11.7. The normalized spacial score (nSPS) is 22.6. The molecule has 0 aliphatic carbocycles. The predicted molar refractivity (Wildman–Crippen MR) is 62.6 cm³/mol. The first-order chi connectivity index (χ1) is 6.52. The highest BCUT2D eigenvalue weighted by Crippen LogP contribution is 2.23. The number of nitrogens with zero attached hydrogens (tertiary/aromatic N) is 1. The van der Waals surface area contributed by atoms with Crippen LogP contribution in [0, 0.1) is 11.8 Å². The number of ketones is 1. The molecular formula is C11H21NOS. The molecule has 0 N–H and O–H groups in total. The third-order valence-electron chi connectivity index (χ3n) is 3.03. The van der Waals surface area contributed by atoms with Gasteiger partial charge in [-0.1, -0.05) is 13.8 Å². The van der Waals surface area contributed by atoms with Crippen LogP contribution in [0.5, 0.6) is 0 Å². The quantitative estimate of drug-likeness (QED) is 0.728. The molecule has 0 aromatic heterocycles. The van der Waals surface area contributed by atoms with E-state index < -0.39 is 0 Å². The van der Waals surface area contributed by atoms with Gasteiger partial charge in [0.05, 0.1) is 0 Å². The molecule has 1 aliphatic rings. The van der Waals surface area contributed by atoms with Gasteiger partial charge in [-0.2, -0.15) is 12.6 Å². The number of carbonyl (C=O) groups excluding carboxylic acids is 1. The number of Topliss-reactive ketones (excluding diaryl/α,β-unsaturated/α-hetero) is 1. The summed E-state index contributed by atoms with van der Waals surface area (Å²) in [6, 6.07) is 0. The maximum atomic E-state index is 11.7. The van der Waals surface area contributed by atoms with Gasteiger partial charge in [0.25, 0.3) is 0 Å². The molecule has 0 aromatic carbocycles. The first-order valence-corrected chi connectivity index (χ1v) is 6.00. The van der Waals surface area contributed by atoms with E-state index in [-0.39, 0.29) is 5.92 Å². The molecule has 14 heavy (non-hydrogen) atoms. The zero-order valence-electron chi connectivity index (χ0n) is 9.36. The van der Waals surface area contributed by atoms with Crippen LogP contribution in [-0.2, 0) is 4.79 Å². The zero-order valence-corrected chi connectivity index (χ0v) is 10.3. The minimum atomic E-state index is 0.194. The van der Waals surface area contributed by atoms with Crippen LogP contribution in [0.1, 0.15) is 33.6 Å². The molecule has 1 atom stereocenters. The van der Waals surface area contributed by atoms with Crippen molar-refractivity contribution in [2.45, 2.75) is 39.0 Å². The van der Waals surface area contributed by atoms with E-state index in [1.165, 1.54) is 0 Å². The van der Waals surface area contributed by atoms with Gasteiger partial charge in [0.2, 0.25) is 0 Å². The summed E-state index contributed by atoms with van der Waals surface area (Å²) in [4.78, 5) is 14.1. The molecule has 1 heterocycles. The second kappa shape index (κ2) is 5.17. The van der Waals surface area contributed by atoms with Crippen molar-refractivity contribution in [2.75, 3.05) is 13.1 Å². The molecule has 0 radical (unpaired) electrons. The predicted octanol–water partition coefficient (Wildman–Crippen LogP) is 2.20. The monoisotopic (exact) mass is 215 g/mol. The summed E-state index contributed by atoms with van der Waals surface area (Å²) in [6.45, 7) is 8.13. The van der Waals surface area contributed by atoms with Gasteiger partial charge in [-0.3, -0.25) is 9.69 Å².